The van der Waals surface area contributed by atoms with Gasteiger partial charge >= 0.3 is 0 Å². The Morgan fingerprint density at radius 3 is 2.17 bits per heavy atom. The number of nitriles is 1. The van der Waals surface area contributed by atoms with Crippen molar-refractivity contribution in [1.29, 1.82) is 5.26 Å². The molecule has 0 unspecified atom stereocenters. The van der Waals surface area contributed by atoms with Gasteiger partial charge in [-0.1, -0.05) is 18.7 Å². The Bertz CT molecular complexity index is 272. The van der Waals surface area contributed by atoms with E-state index < -0.39 is 10.1 Å². The Morgan fingerprint density at radius 2 is 2.08 bits per heavy atom. The highest BCUT2D eigenvalue weighted by Crippen LogP contribution is 1.81. The lowest BCUT2D eigenvalue weighted by Gasteiger charge is -1.83. The first-order chi connectivity index (χ1) is 5.47. The van der Waals surface area contributed by atoms with E-state index in [-0.39, 0.29) is 5.75 Å². The Hall–Kier alpha value is -1.12. The topological polar surface area (TPSA) is 78.2 Å². The lowest BCUT2D eigenvalue weighted by Crippen LogP contribution is -1.99. The number of allylic oxidation sites excluding steroid dienone is 2. The SMILES string of the molecule is C=CC#N.CC=CCS(=O)(=O)O. The minimum Gasteiger partial charge on any atom is -0.285 e. The van der Waals surface area contributed by atoms with E-state index in [1.54, 1.807) is 19.1 Å². The predicted molar refractivity (Wildman–Crippen MR) is 47.0 cm³/mol. The van der Waals surface area contributed by atoms with E-state index in [2.05, 4.69) is 6.58 Å². The van der Waals surface area contributed by atoms with E-state index in [0.29, 0.717) is 0 Å². The summed E-state index contributed by atoms with van der Waals surface area (Å²) in [7, 11) is -3.77. The molecular weight excluding hydrogens is 178 g/mol. The van der Waals surface area contributed by atoms with Gasteiger partial charge in [0.1, 0.15) is 0 Å². The van der Waals surface area contributed by atoms with Crippen LogP contribution >= 0.6 is 0 Å². The quantitative estimate of drug-likeness (QED) is 0.401. The summed E-state index contributed by atoms with van der Waals surface area (Å²) in [5.41, 5.74) is 0. The number of rotatable bonds is 2. The molecule has 0 radical (unpaired) electrons. The molecule has 0 bridgehead atoms. The molecule has 0 fully saturated rings. The Balaban J connectivity index is 0. The summed E-state index contributed by atoms with van der Waals surface area (Å²) in [4.78, 5) is 0. The second-order valence-corrected chi connectivity index (χ2v) is 3.15. The van der Waals surface area contributed by atoms with Crippen LogP contribution in [0.3, 0.4) is 0 Å². The molecule has 0 saturated carbocycles. The second-order valence-electron chi connectivity index (χ2n) is 1.65. The molecule has 4 nitrogen and oxygen atoms in total. The third-order valence-corrected chi connectivity index (χ3v) is 1.25. The smallest absolute Gasteiger partial charge is 0.268 e. The average Bonchev–Trinajstić information content (AvgIpc) is 2.00. The lowest BCUT2D eigenvalue weighted by atomic mass is 10.6. The summed E-state index contributed by atoms with van der Waals surface area (Å²) in [6, 6.07) is 1.69. The van der Waals surface area contributed by atoms with Gasteiger partial charge in [-0.2, -0.15) is 13.7 Å². The van der Waals surface area contributed by atoms with Gasteiger partial charge in [-0.05, 0) is 6.92 Å². The Kier molecular flexibility index (Phi) is 8.96. The molecule has 1 N–H and O–H groups in total. The maximum Gasteiger partial charge on any atom is 0.268 e. The van der Waals surface area contributed by atoms with Crippen LogP contribution < -0.4 is 0 Å². The lowest BCUT2D eigenvalue weighted by molar-refractivity contribution is 0.486. The van der Waals surface area contributed by atoms with Crippen molar-refractivity contribution >= 4 is 10.1 Å². The highest BCUT2D eigenvalue weighted by Gasteiger charge is 1.96. The third-order valence-electron chi connectivity index (χ3n) is 0.634. The van der Waals surface area contributed by atoms with Crippen LogP contribution in [0, 0.1) is 11.3 Å². The zero-order valence-electron chi connectivity index (χ0n) is 6.77. The molecule has 0 spiro atoms. The van der Waals surface area contributed by atoms with Crippen LogP contribution in [-0.2, 0) is 10.1 Å². The molecule has 0 aromatic rings. The van der Waals surface area contributed by atoms with E-state index in [1.807, 2.05) is 0 Å². The van der Waals surface area contributed by atoms with Crippen LogP contribution in [0.2, 0.25) is 0 Å². The maximum absolute atomic E-state index is 9.89. The minimum absolute atomic E-state index is 0.288. The van der Waals surface area contributed by atoms with Gasteiger partial charge in [-0.15, -0.1) is 0 Å². The number of hydrogen-bond donors (Lipinski definition) is 1. The van der Waals surface area contributed by atoms with Crippen molar-refractivity contribution in [1.82, 2.24) is 0 Å². The molecule has 0 saturated heterocycles. The molecule has 5 heteroatoms. The Morgan fingerprint density at radius 1 is 1.67 bits per heavy atom. The zero-order valence-corrected chi connectivity index (χ0v) is 7.58. The van der Waals surface area contributed by atoms with Gasteiger partial charge in [0.15, 0.2) is 0 Å². The summed E-state index contributed by atoms with van der Waals surface area (Å²) in [6.45, 7) is 4.80. The molecule has 0 aliphatic rings. The van der Waals surface area contributed by atoms with Crippen molar-refractivity contribution in [2.45, 2.75) is 6.92 Å². The average molecular weight is 189 g/mol. The highest BCUT2D eigenvalue weighted by molar-refractivity contribution is 7.85. The van der Waals surface area contributed by atoms with E-state index in [0.717, 1.165) is 0 Å². The van der Waals surface area contributed by atoms with Gasteiger partial charge in [-0.25, -0.2) is 0 Å². The van der Waals surface area contributed by atoms with Crippen molar-refractivity contribution < 1.29 is 13.0 Å². The fourth-order valence-electron chi connectivity index (χ4n) is 0.218. The largest absolute Gasteiger partial charge is 0.285 e. The molecule has 0 rings (SSSR count). The molecule has 0 aliphatic carbocycles. The van der Waals surface area contributed by atoms with Gasteiger partial charge in [0.05, 0.1) is 11.8 Å². The summed E-state index contributed by atoms with van der Waals surface area (Å²) in [5.74, 6) is -0.288. The van der Waals surface area contributed by atoms with E-state index in [1.165, 1.54) is 12.2 Å². The summed E-state index contributed by atoms with van der Waals surface area (Å²) in [6.07, 6.45) is 4.11. The molecule has 12 heavy (non-hydrogen) atoms. The molecule has 0 aromatic carbocycles. The van der Waals surface area contributed by atoms with Crippen molar-refractivity contribution in [2.24, 2.45) is 0 Å². The molecule has 0 amide bonds. The van der Waals surface area contributed by atoms with Gasteiger partial charge in [0, 0.05) is 6.08 Å². The van der Waals surface area contributed by atoms with E-state index >= 15 is 0 Å². The van der Waals surface area contributed by atoms with Crippen molar-refractivity contribution in [3.8, 4) is 6.07 Å². The van der Waals surface area contributed by atoms with Crippen molar-refractivity contribution in [2.75, 3.05) is 5.75 Å². The van der Waals surface area contributed by atoms with Crippen LogP contribution in [0.15, 0.2) is 24.8 Å². The van der Waals surface area contributed by atoms with Crippen LogP contribution in [-0.4, -0.2) is 18.7 Å². The maximum atomic E-state index is 9.89. The number of hydrogen-bond acceptors (Lipinski definition) is 3. The van der Waals surface area contributed by atoms with Gasteiger partial charge in [0.25, 0.3) is 10.1 Å². The Labute approximate surface area is 72.6 Å². The molecule has 68 valence electrons. The minimum atomic E-state index is -3.77. The first-order valence-corrected chi connectivity index (χ1v) is 4.65. The van der Waals surface area contributed by atoms with Crippen molar-refractivity contribution in [3.63, 3.8) is 0 Å². The molecule has 0 atom stereocenters. The second kappa shape index (κ2) is 7.98. The van der Waals surface area contributed by atoms with Crippen LogP contribution in [0.25, 0.3) is 0 Å². The summed E-state index contributed by atoms with van der Waals surface area (Å²) >= 11 is 0. The summed E-state index contributed by atoms with van der Waals surface area (Å²) in [5, 5.41) is 7.51. The van der Waals surface area contributed by atoms with Gasteiger partial charge in [-0.3, -0.25) is 4.55 Å². The van der Waals surface area contributed by atoms with Gasteiger partial charge in [0.2, 0.25) is 0 Å². The highest BCUT2D eigenvalue weighted by atomic mass is 32.2. The normalized spacial score (nSPS) is 9.75. The first kappa shape index (κ1) is 13.5. The fourth-order valence-corrected chi connectivity index (χ4v) is 0.653. The van der Waals surface area contributed by atoms with E-state index in [4.69, 9.17) is 9.81 Å². The molecule has 0 aliphatic heterocycles. The standard InChI is InChI=1S/C4H8O3S.C3H3N/c1-2-3-4-8(5,6)7;1-2-3-4/h2-3H,4H2,1H3,(H,5,6,7);2H,1H2. The van der Waals surface area contributed by atoms with E-state index in [9.17, 15) is 8.42 Å². The van der Waals surface area contributed by atoms with Gasteiger partial charge < -0.3 is 0 Å². The molecule has 0 aromatic heterocycles. The third kappa shape index (κ3) is 23.2. The predicted octanol–water partition coefficient (Wildman–Crippen LogP) is 1.15. The van der Waals surface area contributed by atoms with Crippen molar-refractivity contribution in [3.05, 3.63) is 24.8 Å². The molecular formula is C7H11NO3S. The first-order valence-electron chi connectivity index (χ1n) is 3.04. The summed E-state index contributed by atoms with van der Waals surface area (Å²) < 4.78 is 27.9. The molecule has 0 heterocycles. The van der Waals surface area contributed by atoms with Crippen LogP contribution in [0.1, 0.15) is 6.92 Å². The monoisotopic (exact) mass is 189 g/mol. The fraction of sp³-hybridized carbons (Fsp3) is 0.286. The van der Waals surface area contributed by atoms with Crippen LogP contribution in [0.5, 0.6) is 0 Å². The van der Waals surface area contributed by atoms with Crippen LogP contribution in [0.4, 0.5) is 0 Å². The number of nitrogens with zero attached hydrogens (tertiary/aromatic N) is 1. The zero-order chi connectivity index (χ0) is 10.0.